The molecule has 0 saturated heterocycles. The highest BCUT2D eigenvalue weighted by Crippen LogP contribution is 2.25. The number of benzene rings is 1. The molecule has 3 heterocycles. The highest BCUT2D eigenvalue weighted by molar-refractivity contribution is 7.98. The number of hydrogen-bond donors (Lipinski definition) is 0. The molecule has 0 aliphatic rings. The highest BCUT2D eigenvalue weighted by atomic mass is 32.2. The van der Waals surface area contributed by atoms with Crippen molar-refractivity contribution in [3.8, 4) is 0 Å². The van der Waals surface area contributed by atoms with Gasteiger partial charge in [0.2, 0.25) is 0 Å². The van der Waals surface area contributed by atoms with Crippen LogP contribution >= 0.6 is 11.8 Å². The second-order valence-corrected chi connectivity index (χ2v) is 5.86. The minimum Gasteiger partial charge on any atom is -0.260 e. The van der Waals surface area contributed by atoms with Gasteiger partial charge in [0.05, 0.1) is 11.2 Å². The first kappa shape index (κ1) is 13.2. The Kier molecular flexibility index (Phi) is 3.23. The third-order valence-corrected chi connectivity index (χ3v) is 4.29. The normalized spacial score (nSPS) is 11.3. The average molecular weight is 307 g/mol. The molecule has 3 aromatic heterocycles. The molecular weight excluding hydrogens is 294 g/mol. The lowest BCUT2D eigenvalue weighted by Gasteiger charge is -2.05. The lowest BCUT2D eigenvalue weighted by atomic mass is 10.2. The molecule has 0 bridgehead atoms. The van der Waals surface area contributed by atoms with E-state index >= 15 is 0 Å². The van der Waals surface area contributed by atoms with E-state index < -0.39 is 0 Å². The maximum atomic E-state index is 4.73. The summed E-state index contributed by atoms with van der Waals surface area (Å²) in [7, 11) is 0. The summed E-state index contributed by atoms with van der Waals surface area (Å²) in [5.41, 5.74) is 2.81. The number of fused-ring (bicyclic) bond motifs is 3. The number of thioether (sulfide) groups is 1. The molecule has 4 rings (SSSR count). The SMILES string of the molecule is Cc1nc2c3ccccc3nc(SCc3ccccn3)n2n1. The zero-order chi connectivity index (χ0) is 14.9. The van der Waals surface area contributed by atoms with Crippen molar-refractivity contribution in [3.63, 3.8) is 0 Å². The first-order chi connectivity index (χ1) is 10.8. The predicted molar refractivity (Wildman–Crippen MR) is 86.8 cm³/mol. The summed E-state index contributed by atoms with van der Waals surface area (Å²) in [4.78, 5) is 13.6. The lowest BCUT2D eigenvalue weighted by Crippen LogP contribution is -1.98. The summed E-state index contributed by atoms with van der Waals surface area (Å²) in [6, 6.07) is 13.9. The summed E-state index contributed by atoms with van der Waals surface area (Å²) in [5.74, 6) is 1.50. The predicted octanol–water partition coefficient (Wildman–Crippen LogP) is 3.27. The number of aryl methyl sites for hydroxylation is 1. The summed E-state index contributed by atoms with van der Waals surface area (Å²) in [6.45, 7) is 1.90. The molecule has 5 nitrogen and oxygen atoms in total. The van der Waals surface area contributed by atoms with Crippen molar-refractivity contribution < 1.29 is 0 Å². The second kappa shape index (κ2) is 5.38. The van der Waals surface area contributed by atoms with Gasteiger partial charge in [0.1, 0.15) is 5.82 Å². The average Bonchev–Trinajstić information content (AvgIpc) is 2.95. The summed E-state index contributed by atoms with van der Waals surface area (Å²) in [6.07, 6.45) is 1.80. The van der Waals surface area contributed by atoms with Crippen LogP contribution in [0.4, 0.5) is 0 Å². The van der Waals surface area contributed by atoms with E-state index in [4.69, 9.17) is 4.98 Å². The quantitative estimate of drug-likeness (QED) is 0.429. The van der Waals surface area contributed by atoms with E-state index in [1.54, 1.807) is 18.0 Å². The van der Waals surface area contributed by atoms with Gasteiger partial charge in [-0.15, -0.1) is 5.10 Å². The summed E-state index contributed by atoms with van der Waals surface area (Å²) < 4.78 is 1.82. The smallest absolute Gasteiger partial charge is 0.191 e. The Morgan fingerprint density at radius 3 is 2.77 bits per heavy atom. The van der Waals surface area contributed by atoms with Crippen molar-refractivity contribution in [3.05, 3.63) is 60.2 Å². The number of pyridine rings is 1. The monoisotopic (exact) mass is 307 g/mol. The van der Waals surface area contributed by atoms with Gasteiger partial charge in [-0.3, -0.25) is 4.98 Å². The van der Waals surface area contributed by atoms with Crippen LogP contribution in [0.15, 0.2) is 53.8 Å². The molecule has 108 valence electrons. The van der Waals surface area contributed by atoms with Crippen molar-refractivity contribution in [2.45, 2.75) is 17.8 Å². The van der Waals surface area contributed by atoms with E-state index in [9.17, 15) is 0 Å². The Bertz CT molecular complexity index is 949. The van der Waals surface area contributed by atoms with Gasteiger partial charge in [-0.1, -0.05) is 30.0 Å². The third kappa shape index (κ3) is 2.31. The first-order valence-corrected chi connectivity index (χ1v) is 7.95. The number of aromatic nitrogens is 5. The van der Waals surface area contributed by atoms with E-state index in [1.165, 1.54) is 0 Å². The summed E-state index contributed by atoms with van der Waals surface area (Å²) in [5, 5.41) is 6.33. The van der Waals surface area contributed by atoms with Crippen LogP contribution in [-0.4, -0.2) is 24.6 Å². The molecule has 22 heavy (non-hydrogen) atoms. The standard InChI is InChI=1S/C16H13N5S/c1-11-18-15-13-7-2-3-8-14(13)19-16(21(15)20-11)22-10-12-6-4-5-9-17-12/h2-9H,10H2,1H3. The molecule has 0 N–H and O–H groups in total. The molecule has 0 saturated carbocycles. The van der Waals surface area contributed by atoms with Gasteiger partial charge in [0, 0.05) is 17.3 Å². The Morgan fingerprint density at radius 1 is 1.05 bits per heavy atom. The van der Waals surface area contributed by atoms with Crippen LogP contribution in [0.1, 0.15) is 11.5 Å². The summed E-state index contributed by atoms with van der Waals surface area (Å²) >= 11 is 1.62. The molecule has 6 heteroatoms. The molecular formula is C16H13N5S. The van der Waals surface area contributed by atoms with E-state index in [-0.39, 0.29) is 0 Å². The second-order valence-electron chi connectivity index (χ2n) is 4.92. The molecule has 0 unspecified atom stereocenters. The molecule has 0 fully saturated rings. The van der Waals surface area contributed by atoms with Crippen LogP contribution in [-0.2, 0) is 5.75 Å². The van der Waals surface area contributed by atoms with Crippen LogP contribution < -0.4 is 0 Å². The van der Waals surface area contributed by atoms with Crippen molar-refractivity contribution in [1.82, 2.24) is 24.6 Å². The van der Waals surface area contributed by atoms with Crippen LogP contribution in [0.5, 0.6) is 0 Å². The first-order valence-electron chi connectivity index (χ1n) is 6.96. The maximum Gasteiger partial charge on any atom is 0.191 e. The van der Waals surface area contributed by atoms with Crippen molar-refractivity contribution in [2.24, 2.45) is 0 Å². The van der Waals surface area contributed by atoms with Gasteiger partial charge in [0.15, 0.2) is 10.8 Å². The van der Waals surface area contributed by atoms with Gasteiger partial charge < -0.3 is 0 Å². The lowest BCUT2D eigenvalue weighted by molar-refractivity contribution is 0.796. The number of para-hydroxylation sites is 1. The minimum absolute atomic E-state index is 0.748. The Hall–Kier alpha value is -2.47. The number of nitrogens with zero attached hydrogens (tertiary/aromatic N) is 5. The molecule has 1 aromatic carbocycles. The largest absolute Gasteiger partial charge is 0.260 e. The van der Waals surface area contributed by atoms with E-state index in [2.05, 4.69) is 15.1 Å². The molecule has 0 atom stereocenters. The number of hydrogen-bond acceptors (Lipinski definition) is 5. The van der Waals surface area contributed by atoms with Crippen LogP contribution in [0.25, 0.3) is 16.6 Å². The van der Waals surface area contributed by atoms with Gasteiger partial charge in [-0.25, -0.2) is 9.97 Å². The van der Waals surface area contributed by atoms with E-state index in [1.807, 2.05) is 53.9 Å². The molecule has 4 aromatic rings. The minimum atomic E-state index is 0.748. The van der Waals surface area contributed by atoms with Gasteiger partial charge >= 0.3 is 0 Å². The fourth-order valence-corrected chi connectivity index (χ4v) is 3.21. The number of rotatable bonds is 3. The zero-order valence-corrected chi connectivity index (χ0v) is 12.8. The van der Waals surface area contributed by atoms with Gasteiger partial charge in [0.25, 0.3) is 0 Å². The fraction of sp³-hybridized carbons (Fsp3) is 0.125. The van der Waals surface area contributed by atoms with Gasteiger partial charge in [-0.05, 0) is 31.2 Å². The van der Waals surface area contributed by atoms with Crippen LogP contribution in [0.3, 0.4) is 0 Å². The van der Waals surface area contributed by atoms with Crippen molar-refractivity contribution in [1.29, 1.82) is 0 Å². The molecule has 0 spiro atoms. The zero-order valence-electron chi connectivity index (χ0n) is 12.0. The fourth-order valence-electron chi connectivity index (χ4n) is 2.35. The van der Waals surface area contributed by atoms with Crippen molar-refractivity contribution >= 4 is 28.3 Å². The third-order valence-electron chi connectivity index (χ3n) is 3.33. The van der Waals surface area contributed by atoms with E-state index in [0.29, 0.717) is 0 Å². The highest BCUT2D eigenvalue weighted by Gasteiger charge is 2.12. The van der Waals surface area contributed by atoms with E-state index in [0.717, 1.165) is 39.0 Å². The van der Waals surface area contributed by atoms with Gasteiger partial charge in [-0.2, -0.15) is 4.52 Å². The maximum absolute atomic E-state index is 4.73. The van der Waals surface area contributed by atoms with Crippen LogP contribution in [0.2, 0.25) is 0 Å². The Balaban J connectivity index is 1.81. The molecule has 0 amide bonds. The Morgan fingerprint density at radius 2 is 1.91 bits per heavy atom. The molecule has 0 aliphatic heterocycles. The van der Waals surface area contributed by atoms with Crippen molar-refractivity contribution in [2.75, 3.05) is 0 Å². The molecule has 0 aliphatic carbocycles. The topological polar surface area (TPSA) is 56.0 Å². The Labute approximate surface area is 131 Å². The molecule has 0 radical (unpaired) electrons. The van der Waals surface area contributed by atoms with Crippen LogP contribution in [0, 0.1) is 6.92 Å².